The third kappa shape index (κ3) is 3.72. The van der Waals surface area contributed by atoms with Crippen molar-refractivity contribution in [1.82, 2.24) is 25.2 Å². The maximum absolute atomic E-state index is 12.2. The molecule has 0 aliphatic carbocycles. The number of fused-ring (bicyclic) bond motifs is 1. The number of nitrogens with one attached hydrogen (secondary N) is 4. The molecule has 134 valence electrons. The number of aromatic amines is 1. The first-order valence-corrected chi connectivity index (χ1v) is 7.99. The van der Waals surface area contributed by atoms with E-state index < -0.39 is 5.69 Å². The number of amides is 1. The summed E-state index contributed by atoms with van der Waals surface area (Å²) in [5.41, 5.74) is 7.34. The van der Waals surface area contributed by atoms with Crippen LogP contribution in [0.5, 0.6) is 0 Å². The molecule has 0 atom stereocenters. The van der Waals surface area contributed by atoms with E-state index in [-0.39, 0.29) is 11.9 Å². The van der Waals surface area contributed by atoms with Crippen LogP contribution in [0.15, 0.2) is 41.3 Å². The molecule has 26 heavy (non-hydrogen) atoms. The zero-order chi connectivity index (χ0) is 18.7. The molecule has 0 fully saturated rings. The van der Waals surface area contributed by atoms with E-state index in [0.29, 0.717) is 30.0 Å². The first kappa shape index (κ1) is 17.2. The maximum atomic E-state index is 12.2. The van der Waals surface area contributed by atoms with Gasteiger partial charge in [0.1, 0.15) is 5.65 Å². The minimum Gasteiger partial charge on any atom is -0.370 e. The number of hydrogen-bond donors (Lipinski definition) is 5. The Balaban J connectivity index is 1.75. The quantitative estimate of drug-likeness (QED) is 0.254. The summed E-state index contributed by atoms with van der Waals surface area (Å²) in [4.78, 5) is 31.3. The van der Waals surface area contributed by atoms with Gasteiger partial charge in [-0.3, -0.25) is 14.8 Å². The maximum Gasteiger partial charge on any atom is 0.354 e. The highest BCUT2D eigenvalue weighted by Gasteiger charge is 2.08. The Bertz CT molecular complexity index is 1020. The molecule has 0 aliphatic heterocycles. The summed E-state index contributed by atoms with van der Waals surface area (Å²) in [6.45, 7) is 2.61. The largest absolute Gasteiger partial charge is 0.370 e. The third-order valence-electron chi connectivity index (χ3n) is 3.78. The standard InChI is InChI=1S/C17H19N7O2/c1-10-8-12-9-24(17(26)23-14(12)22-10)13-4-2-11(3-5-13)15(25)20-6-7-21-16(18)19/h2-5,8-9H,6-7H2,1H3,(H,20,25)(H4,18,19,21)(H,22,23,26). The zero-order valence-electron chi connectivity index (χ0n) is 14.2. The van der Waals surface area contributed by atoms with E-state index in [4.69, 9.17) is 11.1 Å². The molecule has 0 aliphatic rings. The van der Waals surface area contributed by atoms with Crippen molar-refractivity contribution >= 4 is 22.9 Å². The smallest absolute Gasteiger partial charge is 0.354 e. The number of carbonyl (C=O) groups excluding carboxylic acids is 1. The van der Waals surface area contributed by atoms with Gasteiger partial charge in [-0.15, -0.1) is 0 Å². The highest BCUT2D eigenvalue weighted by atomic mass is 16.2. The number of nitrogens with two attached hydrogens (primary N) is 1. The fourth-order valence-electron chi connectivity index (χ4n) is 2.56. The lowest BCUT2D eigenvalue weighted by atomic mass is 10.2. The number of aryl methyl sites for hydroxylation is 1. The molecule has 0 spiro atoms. The van der Waals surface area contributed by atoms with Gasteiger partial charge in [0.2, 0.25) is 0 Å². The number of carbonyl (C=O) groups is 1. The lowest BCUT2D eigenvalue weighted by Gasteiger charge is -2.08. The van der Waals surface area contributed by atoms with Crippen molar-refractivity contribution in [2.75, 3.05) is 13.1 Å². The van der Waals surface area contributed by atoms with Crippen molar-refractivity contribution in [2.24, 2.45) is 5.73 Å². The van der Waals surface area contributed by atoms with Crippen LogP contribution in [0, 0.1) is 12.3 Å². The monoisotopic (exact) mass is 353 g/mol. The predicted octanol–water partition coefficient (Wildman–Crippen LogP) is 0.235. The van der Waals surface area contributed by atoms with Crippen LogP contribution in [0.1, 0.15) is 16.1 Å². The van der Waals surface area contributed by atoms with E-state index in [0.717, 1.165) is 11.1 Å². The van der Waals surface area contributed by atoms with Gasteiger partial charge < -0.3 is 21.4 Å². The van der Waals surface area contributed by atoms with Crippen LogP contribution in [0.4, 0.5) is 0 Å². The number of rotatable bonds is 5. The Kier molecular flexibility index (Phi) is 4.70. The highest BCUT2D eigenvalue weighted by Crippen LogP contribution is 2.13. The average molecular weight is 353 g/mol. The van der Waals surface area contributed by atoms with Crippen molar-refractivity contribution < 1.29 is 4.79 Å². The molecule has 1 amide bonds. The van der Waals surface area contributed by atoms with Crippen LogP contribution in [0.3, 0.4) is 0 Å². The third-order valence-corrected chi connectivity index (χ3v) is 3.78. The average Bonchev–Trinajstić information content (AvgIpc) is 2.96. The first-order valence-electron chi connectivity index (χ1n) is 7.99. The molecule has 2 aromatic heterocycles. The Morgan fingerprint density at radius 1 is 1.27 bits per heavy atom. The van der Waals surface area contributed by atoms with Crippen LogP contribution in [-0.4, -0.2) is 39.5 Å². The van der Waals surface area contributed by atoms with Crippen LogP contribution < -0.4 is 22.1 Å². The minimum absolute atomic E-state index is 0.141. The molecule has 0 bridgehead atoms. The van der Waals surface area contributed by atoms with Gasteiger partial charge in [0.15, 0.2) is 5.96 Å². The molecule has 0 unspecified atom stereocenters. The molecule has 9 nitrogen and oxygen atoms in total. The Morgan fingerprint density at radius 3 is 2.65 bits per heavy atom. The number of guanidine groups is 1. The summed E-state index contributed by atoms with van der Waals surface area (Å²) >= 11 is 0. The van der Waals surface area contributed by atoms with Gasteiger partial charge in [0, 0.05) is 35.9 Å². The van der Waals surface area contributed by atoms with Gasteiger partial charge in [0.05, 0.1) is 5.69 Å². The summed E-state index contributed by atoms with van der Waals surface area (Å²) in [6.07, 6.45) is 1.72. The Morgan fingerprint density at radius 2 is 1.96 bits per heavy atom. The van der Waals surface area contributed by atoms with Gasteiger partial charge >= 0.3 is 5.69 Å². The molecule has 9 heteroatoms. The minimum atomic E-state index is -0.396. The summed E-state index contributed by atoms with van der Waals surface area (Å²) < 4.78 is 1.44. The van der Waals surface area contributed by atoms with E-state index in [9.17, 15) is 9.59 Å². The van der Waals surface area contributed by atoms with Crippen molar-refractivity contribution in [3.63, 3.8) is 0 Å². The molecule has 3 rings (SSSR count). The summed E-state index contributed by atoms with van der Waals surface area (Å²) in [6, 6.07) is 8.58. The van der Waals surface area contributed by atoms with E-state index in [2.05, 4.69) is 20.6 Å². The number of H-pyrrole nitrogens is 1. The van der Waals surface area contributed by atoms with Gasteiger partial charge in [-0.05, 0) is 37.3 Å². The number of aromatic nitrogens is 3. The normalized spacial score (nSPS) is 10.7. The van der Waals surface area contributed by atoms with Crippen LogP contribution >= 0.6 is 0 Å². The molecular formula is C17H19N7O2. The van der Waals surface area contributed by atoms with Crippen LogP contribution in [-0.2, 0) is 0 Å². The first-order chi connectivity index (χ1) is 12.4. The number of hydrogen-bond acceptors (Lipinski definition) is 4. The van der Waals surface area contributed by atoms with Crippen molar-refractivity contribution in [3.05, 3.63) is 58.3 Å². The number of benzene rings is 1. The van der Waals surface area contributed by atoms with E-state index in [1.165, 1.54) is 4.57 Å². The highest BCUT2D eigenvalue weighted by molar-refractivity contribution is 5.94. The SMILES string of the molecule is Cc1cc2cn(-c3ccc(C(=O)NCCNC(=N)N)cc3)c(=O)nc2[nH]1. The topological polar surface area (TPSA) is 142 Å². The van der Waals surface area contributed by atoms with Gasteiger partial charge in [0.25, 0.3) is 5.91 Å². The molecule has 0 saturated heterocycles. The van der Waals surface area contributed by atoms with Crippen molar-refractivity contribution in [1.29, 1.82) is 5.41 Å². The number of nitrogens with zero attached hydrogens (tertiary/aromatic N) is 2. The van der Waals surface area contributed by atoms with E-state index in [1.807, 2.05) is 13.0 Å². The second-order valence-electron chi connectivity index (χ2n) is 5.79. The second-order valence-corrected chi connectivity index (χ2v) is 5.79. The Hall–Kier alpha value is -3.62. The van der Waals surface area contributed by atoms with E-state index in [1.54, 1.807) is 30.5 Å². The second kappa shape index (κ2) is 7.09. The van der Waals surface area contributed by atoms with Crippen molar-refractivity contribution in [2.45, 2.75) is 6.92 Å². The van der Waals surface area contributed by atoms with Crippen LogP contribution in [0.25, 0.3) is 16.7 Å². The van der Waals surface area contributed by atoms with Crippen molar-refractivity contribution in [3.8, 4) is 5.69 Å². The van der Waals surface area contributed by atoms with Gasteiger partial charge in [-0.1, -0.05) is 0 Å². The lowest BCUT2D eigenvalue weighted by molar-refractivity contribution is 0.0954. The predicted molar refractivity (Wildman–Crippen MR) is 98.7 cm³/mol. The summed E-state index contributed by atoms with van der Waals surface area (Å²) in [7, 11) is 0. The van der Waals surface area contributed by atoms with Gasteiger partial charge in [-0.25, -0.2) is 4.79 Å². The fourth-order valence-corrected chi connectivity index (χ4v) is 2.56. The van der Waals surface area contributed by atoms with E-state index >= 15 is 0 Å². The molecule has 2 heterocycles. The lowest BCUT2D eigenvalue weighted by Crippen LogP contribution is -2.37. The van der Waals surface area contributed by atoms with Crippen LogP contribution in [0.2, 0.25) is 0 Å². The molecule has 0 saturated carbocycles. The van der Waals surface area contributed by atoms with Gasteiger partial charge in [-0.2, -0.15) is 4.98 Å². The summed E-state index contributed by atoms with van der Waals surface area (Å²) in [5, 5.41) is 13.2. The molecule has 0 radical (unpaired) electrons. The molecule has 6 N–H and O–H groups in total. The summed E-state index contributed by atoms with van der Waals surface area (Å²) in [5.74, 6) is -0.388. The Labute approximate surface area is 148 Å². The molecule has 3 aromatic rings. The zero-order valence-corrected chi connectivity index (χ0v) is 14.2. The molecule has 1 aromatic carbocycles. The molecular weight excluding hydrogens is 334 g/mol. The fraction of sp³-hybridized carbons (Fsp3) is 0.176.